The Morgan fingerprint density at radius 1 is 1.38 bits per heavy atom. The molecule has 1 fully saturated rings. The van der Waals surface area contributed by atoms with Crippen molar-refractivity contribution in [3.8, 4) is 5.75 Å². The highest BCUT2D eigenvalue weighted by Crippen LogP contribution is 2.24. The summed E-state index contributed by atoms with van der Waals surface area (Å²) in [5.41, 5.74) is 0.624. The molecule has 9 heteroatoms. The largest absolute Gasteiger partial charge is 0.497 e. The van der Waals surface area contributed by atoms with E-state index in [1.54, 1.807) is 43.0 Å². The molecule has 2 aromatic rings. The van der Waals surface area contributed by atoms with Crippen molar-refractivity contribution < 1.29 is 17.9 Å². The van der Waals surface area contributed by atoms with E-state index >= 15 is 0 Å². The van der Waals surface area contributed by atoms with Gasteiger partial charge in [0.15, 0.2) is 5.03 Å². The van der Waals surface area contributed by atoms with Gasteiger partial charge in [0, 0.05) is 38.1 Å². The molecule has 1 aliphatic rings. The number of nitrogens with zero attached hydrogens (tertiary/aromatic N) is 3. The molecule has 0 bridgehead atoms. The van der Waals surface area contributed by atoms with Gasteiger partial charge >= 0.3 is 0 Å². The number of sulfonamides is 1. The number of nitrogens with one attached hydrogen (secondary N) is 1. The van der Waals surface area contributed by atoms with E-state index in [0.717, 1.165) is 0 Å². The van der Waals surface area contributed by atoms with Crippen molar-refractivity contribution in [3.05, 3.63) is 36.8 Å². The lowest BCUT2D eigenvalue weighted by molar-refractivity contribution is -0.120. The zero-order valence-corrected chi connectivity index (χ0v) is 15.6. The van der Waals surface area contributed by atoms with Crippen LogP contribution >= 0.6 is 0 Å². The van der Waals surface area contributed by atoms with Gasteiger partial charge in [-0.25, -0.2) is 13.4 Å². The number of methoxy groups -OCH3 is 1. The third-order valence-electron chi connectivity index (χ3n) is 4.38. The molecule has 0 unspecified atom stereocenters. The van der Waals surface area contributed by atoms with Crippen LogP contribution in [-0.2, 0) is 21.9 Å². The molecule has 1 amide bonds. The highest BCUT2D eigenvalue weighted by Gasteiger charge is 2.34. The Kier molecular flexibility index (Phi) is 5.28. The SMILES string of the molecule is COc1cccc(NC(=O)[C@H]2CCCN(S(=O)(=O)c3cn(C)cn3)C2)c1. The van der Waals surface area contributed by atoms with E-state index in [9.17, 15) is 13.2 Å². The second kappa shape index (κ2) is 7.46. The summed E-state index contributed by atoms with van der Waals surface area (Å²) in [7, 11) is -0.417. The lowest BCUT2D eigenvalue weighted by Gasteiger charge is -2.30. The minimum absolute atomic E-state index is 0.00820. The standard InChI is InChI=1S/C17H22N4O4S/c1-20-11-16(18-12-20)26(23,24)21-8-4-5-13(10-21)17(22)19-14-6-3-7-15(9-14)25-2/h3,6-7,9,11-13H,4-5,8,10H2,1-2H3,(H,19,22)/t13-/m0/s1. The van der Waals surface area contributed by atoms with Crippen LogP contribution in [0.3, 0.4) is 0 Å². The number of anilines is 1. The van der Waals surface area contributed by atoms with Crippen molar-refractivity contribution in [2.45, 2.75) is 17.9 Å². The number of piperidine rings is 1. The molecule has 1 atom stereocenters. The molecule has 140 valence electrons. The van der Waals surface area contributed by atoms with Gasteiger partial charge in [-0.2, -0.15) is 4.31 Å². The molecule has 0 aliphatic carbocycles. The van der Waals surface area contributed by atoms with Gasteiger partial charge < -0.3 is 14.6 Å². The maximum Gasteiger partial charge on any atom is 0.262 e. The van der Waals surface area contributed by atoms with E-state index < -0.39 is 15.9 Å². The highest BCUT2D eigenvalue weighted by atomic mass is 32.2. The first-order chi connectivity index (χ1) is 12.4. The molecule has 2 heterocycles. The molecule has 1 aromatic heterocycles. The Morgan fingerprint density at radius 2 is 2.19 bits per heavy atom. The van der Waals surface area contributed by atoms with E-state index in [0.29, 0.717) is 30.8 Å². The van der Waals surface area contributed by atoms with Crippen molar-refractivity contribution in [2.24, 2.45) is 13.0 Å². The Labute approximate surface area is 152 Å². The third-order valence-corrected chi connectivity index (χ3v) is 6.13. The number of imidazole rings is 1. The summed E-state index contributed by atoms with van der Waals surface area (Å²) in [6.45, 7) is 0.538. The fraction of sp³-hybridized carbons (Fsp3) is 0.412. The Morgan fingerprint density at radius 3 is 2.88 bits per heavy atom. The lowest BCUT2D eigenvalue weighted by atomic mass is 9.98. The van der Waals surface area contributed by atoms with Crippen LogP contribution in [0.2, 0.25) is 0 Å². The average molecular weight is 378 g/mol. The summed E-state index contributed by atoms with van der Waals surface area (Å²) in [4.78, 5) is 16.5. The number of aryl methyl sites for hydroxylation is 1. The average Bonchev–Trinajstić information content (AvgIpc) is 3.09. The zero-order chi connectivity index (χ0) is 18.7. The normalized spacial score (nSPS) is 18.5. The maximum absolute atomic E-state index is 12.7. The minimum Gasteiger partial charge on any atom is -0.497 e. The summed E-state index contributed by atoms with van der Waals surface area (Å²) in [6, 6.07) is 7.07. The molecule has 1 aromatic carbocycles. The monoisotopic (exact) mass is 378 g/mol. The van der Waals surface area contributed by atoms with E-state index in [4.69, 9.17) is 4.74 Å². The molecule has 3 rings (SSSR count). The number of benzene rings is 1. The molecule has 1 N–H and O–H groups in total. The Bertz CT molecular complexity index is 894. The zero-order valence-electron chi connectivity index (χ0n) is 14.8. The number of hydrogen-bond donors (Lipinski definition) is 1. The molecule has 8 nitrogen and oxygen atoms in total. The third kappa shape index (κ3) is 3.88. The van der Waals surface area contributed by atoms with Crippen LogP contribution in [-0.4, -0.2) is 48.4 Å². The number of hydrogen-bond acceptors (Lipinski definition) is 5. The topological polar surface area (TPSA) is 93.5 Å². The number of carbonyl (C=O) groups is 1. The Hall–Kier alpha value is -2.39. The molecule has 0 saturated carbocycles. The van der Waals surface area contributed by atoms with Gasteiger partial charge in [-0.3, -0.25) is 4.79 Å². The van der Waals surface area contributed by atoms with Gasteiger partial charge in [-0.15, -0.1) is 0 Å². The van der Waals surface area contributed by atoms with Crippen LogP contribution in [0.1, 0.15) is 12.8 Å². The highest BCUT2D eigenvalue weighted by molar-refractivity contribution is 7.89. The van der Waals surface area contributed by atoms with Crippen molar-refractivity contribution in [1.29, 1.82) is 0 Å². The van der Waals surface area contributed by atoms with Crippen LogP contribution in [0, 0.1) is 5.92 Å². The first-order valence-electron chi connectivity index (χ1n) is 8.33. The summed E-state index contributed by atoms with van der Waals surface area (Å²) >= 11 is 0. The van der Waals surface area contributed by atoms with Gasteiger partial charge in [0.2, 0.25) is 5.91 Å². The second-order valence-corrected chi connectivity index (χ2v) is 8.19. The first kappa shape index (κ1) is 18.4. The quantitative estimate of drug-likeness (QED) is 0.850. The molecule has 0 spiro atoms. The van der Waals surface area contributed by atoms with E-state index in [1.165, 1.54) is 16.8 Å². The molecule has 1 aliphatic heterocycles. The molecule has 0 radical (unpaired) electrons. The number of aromatic nitrogens is 2. The fourth-order valence-corrected chi connectivity index (χ4v) is 4.46. The smallest absolute Gasteiger partial charge is 0.262 e. The fourth-order valence-electron chi connectivity index (χ4n) is 2.97. The molecular formula is C17H22N4O4S. The maximum atomic E-state index is 12.7. The van der Waals surface area contributed by atoms with E-state index in [-0.39, 0.29) is 17.5 Å². The predicted octanol–water partition coefficient (Wildman–Crippen LogP) is 1.47. The van der Waals surface area contributed by atoms with Gasteiger partial charge in [0.05, 0.1) is 19.4 Å². The number of amides is 1. The van der Waals surface area contributed by atoms with Crippen LogP contribution in [0.5, 0.6) is 5.75 Å². The van der Waals surface area contributed by atoms with Crippen molar-refractivity contribution in [2.75, 3.05) is 25.5 Å². The van der Waals surface area contributed by atoms with E-state index in [1.807, 2.05) is 0 Å². The second-order valence-electron chi connectivity index (χ2n) is 6.30. The summed E-state index contributed by atoms with van der Waals surface area (Å²) < 4.78 is 33.5. The van der Waals surface area contributed by atoms with Crippen LogP contribution in [0.4, 0.5) is 5.69 Å². The molecule has 1 saturated heterocycles. The van der Waals surface area contributed by atoms with Crippen LogP contribution in [0.25, 0.3) is 0 Å². The van der Waals surface area contributed by atoms with Gasteiger partial charge in [-0.05, 0) is 25.0 Å². The molecule has 26 heavy (non-hydrogen) atoms. The number of ether oxygens (including phenoxy) is 1. The minimum atomic E-state index is -3.69. The van der Waals surface area contributed by atoms with Gasteiger partial charge in [0.25, 0.3) is 10.0 Å². The van der Waals surface area contributed by atoms with E-state index in [2.05, 4.69) is 10.3 Å². The predicted molar refractivity (Wildman–Crippen MR) is 96.3 cm³/mol. The first-order valence-corrected chi connectivity index (χ1v) is 9.77. The Balaban J connectivity index is 1.70. The summed E-state index contributed by atoms with van der Waals surface area (Å²) in [5, 5.41) is 2.85. The van der Waals surface area contributed by atoms with Crippen LogP contribution < -0.4 is 10.1 Å². The lowest BCUT2D eigenvalue weighted by Crippen LogP contribution is -2.43. The van der Waals surface area contributed by atoms with Gasteiger partial charge in [0.1, 0.15) is 5.75 Å². The number of carbonyl (C=O) groups excluding carboxylic acids is 1. The number of rotatable bonds is 5. The summed E-state index contributed by atoms with van der Waals surface area (Å²) in [5.74, 6) is 0.0402. The van der Waals surface area contributed by atoms with Crippen molar-refractivity contribution in [3.63, 3.8) is 0 Å². The summed E-state index contributed by atoms with van der Waals surface area (Å²) in [6.07, 6.45) is 4.19. The molecular weight excluding hydrogens is 356 g/mol. The van der Waals surface area contributed by atoms with Crippen LogP contribution in [0.15, 0.2) is 41.8 Å². The van der Waals surface area contributed by atoms with Crippen molar-refractivity contribution >= 4 is 21.6 Å². The van der Waals surface area contributed by atoms with Crippen molar-refractivity contribution in [1.82, 2.24) is 13.9 Å². The van der Waals surface area contributed by atoms with Gasteiger partial charge in [-0.1, -0.05) is 6.07 Å².